The second kappa shape index (κ2) is 5.49. The van der Waals surface area contributed by atoms with Gasteiger partial charge in [0.05, 0.1) is 6.10 Å². The lowest BCUT2D eigenvalue weighted by Gasteiger charge is -2.42. The van der Waals surface area contributed by atoms with E-state index in [0.29, 0.717) is 5.75 Å². The van der Waals surface area contributed by atoms with E-state index in [4.69, 9.17) is 0 Å². The maximum atomic E-state index is 10.7. The highest BCUT2D eigenvalue weighted by molar-refractivity contribution is 6.09. The second-order valence-corrected chi connectivity index (χ2v) is 7.08. The fourth-order valence-electron chi connectivity index (χ4n) is 4.77. The van der Waals surface area contributed by atoms with Crippen molar-refractivity contribution >= 4 is 21.5 Å². The molecule has 3 aromatic rings. The summed E-state index contributed by atoms with van der Waals surface area (Å²) in [4.78, 5) is 0. The molecule has 3 aromatic carbocycles. The zero-order valence-corrected chi connectivity index (χ0v) is 14.3. The number of benzene rings is 3. The van der Waals surface area contributed by atoms with E-state index in [-0.39, 0.29) is 11.5 Å². The van der Waals surface area contributed by atoms with Gasteiger partial charge in [-0.2, -0.15) is 0 Å². The van der Waals surface area contributed by atoms with E-state index in [1.54, 1.807) is 6.07 Å². The van der Waals surface area contributed by atoms with Gasteiger partial charge in [0.1, 0.15) is 5.75 Å². The summed E-state index contributed by atoms with van der Waals surface area (Å²) in [5, 5.41) is 25.2. The molecular weight excluding hydrogens is 296 g/mol. The van der Waals surface area contributed by atoms with Crippen molar-refractivity contribution < 1.29 is 10.2 Å². The molecule has 24 heavy (non-hydrogen) atoms. The maximum Gasteiger partial charge on any atom is 0.116 e. The van der Waals surface area contributed by atoms with Crippen LogP contribution in [0.5, 0.6) is 5.75 Å². The summed E-state index contributed by atoms with van der Waals surface area (Å²) < 4.78 is 0. The van der Waals surface area contributed by atoms with Crippen LogP contribution >= 0.6 is 0 Å². The Labute approximate surface area is 142 Å². The molecule has 0 radical (unpaired) electrons. The number of fused-ring (bicyclic) bond motifs is 5. The van der Waals surface area contributed by atoms with Crippen LogP contribution in [-0.2, 0) is 11.8 Å². The summed E-state index contributed by atoms with van der Waals surface area (Å²) in [6.45, 7) is 4.38. The lowest BCUT2D eigenvalue weighted by molar-refractivity contribution is 0.0576. The van der Waals surface area contributed by atoms with Gasteiger partial charge < -0.3 is 10.2 Å². The number of hydrogen-bond acceptors (Lipinski definition) is 2. The van der Waals surface area contributed by atoms with E-state index in [0.717, 1.165) is 31.1 Å². The molecule has 124 valence electrons. The summed E-state index contributed by atoms with van der Waals surface area (Å²) in [6.07, 6.45) is 3.44. The standard InChI is InChI=1S/C22H24O2/c1-3-22(4-2)20-11-9-17-16-8-6-15(23)13-14(16)5-7-18(17)19(20)10-12-21(22)24/h5-9,11,13,21,23-24H,3-4,10,12H2,1-2H3/t21-/m1/s1. The molecule has 0 saturated carbocycles. The molecule has 2 heteroatoms. The van der Waals surface area contributed by atoms with Crippen LogP contribution in [0.4, 0.5) is 0 Å². The monoisotopic (exact) mass is 320 g/mol. The number of rotatable bonds is 2. The highest BCUT2D eigenvalue weighted by atomic mass is 16.3. The van der Waals surface area contributed by atoms with Crippen molar-refractivity contribution in [3.8, 4) is 5.75 Å². The first-order valence-corrected chi connectivity index (χ1v) is 8.96. The lowest BCUT2D eigenvalue weighted by atomic mass is 9.64. The van der Waals surface area contributed by atoms with Crippen LogP contribution in [0, 0.1) is 0 Å². The normalized spacial score (nSPS) is 19.5. The summed E-state index contributed by atoms with van der Waals surface area (Å²) in [5.74, 6) is 0.305. The summed E-state index contributed by atoms with van der Waals surface area (Å²) in [7, 11) is 0. The predicted octanol–water partition coefficient (Wildman–Crippen LogP) is 5.06. The third kappa shape index (κ3) is 1.99. The van der Waals surface area contributed by atoms with Gasteiger partial charge in [-0.1, -0.05) is 44.2 Å². The maximum absolute atomic E-state index is 10.7. The predicted molar refractivity (Wildman–Crippen MR) is 99.7 cm³/mol. The van der Waals surface area contributed by atoms with Crippen LogP contribution < -0.4 is 0 Å². The van der Waals surface area contributed by atoms with Crippen molar-refractivity contribution in [1.29, 1.82) is 0 Å². The molecule has 0 spiro atoms. The van der Waals surface area contributed by atoms with Gasteiger partial charge in [0.25, 0.3) is 0 Å². The lowest BCUT2D eigenvalue weighted by Crippen LogP contribution is -2.42. The van der Waals surface area contributed by atoms with E-state index in [9.17, 15) is 10.2 Å². The molecule has 0 aliphatic heterocycles. The molecule has 1 atom stereocenters. The highest BCUT2D eigenvalue weighted by Crippen LogP contribution is 2.45. The molecule has 2 N–H and O–H groups in total. The quantitative estimate of drug-likeness (QED) is 0.648. The van der Waals surface area contributed by atoms with E-state index in [1.807, 2.05) is 12.1 Å². The number of hydrogen-bond donors (Lipinski definition) is 2. The molecule has 0 fully saturated rings. The van der Waals surface area contributed by atoms with Crippen molar-refractivity contribution in [2.45, 2.75) is 51.0 Å². The van der Waals surface area contributed by atoms with E-state index in [2.05, 4.69) is 38.1 Å². The Balaban J connectivity index is 2.05. The Morgan fingerprint density at radius 2 is 1.67 bits per heavy atom. The van der Waals surface area contributed by atoms with Crippen molar-refractivity contribution in [1.82, 2.24) is 0 Å². The molecule has 4 rings (SSSR count). The number of phenolic OH excluding ortho intramolecular Hbond substituents is 1. The molecule has 0 aromatic heterocycles. The zero-order valence-electron chi connectivity index (χ0n) is 14.3. The first-order valence-electron chi connectivity index (χ1n) is 8.96. The average molecular weight is 320 g/mol. The minimum Gasteiger partial charge on any atom is -0.508 e. The molecular formula is C22H24O2. The van der Waals surface area contributed by atoms with Crippen molar-refractivity contribution in [3.05, 3.63) is 53.6 Å². The van der Waals surface area contributed by atoms with Gasteiger partial charge >= 0.3 is 0 Å². The van der Waals surface area contributed by atoms with Crippen LogP contribution in [0.15, 0.2) is 42.5 Å². The Morgan fingerprint density at radius 3 is 2.42 bits per heavy atom. The SMILES string of the molecule is CCC1(CC)c2ccc3c(ccc4cc(O)ccc43)c2CC[C@H]1O. The second-order valence-electron chi connectivity index (χ2n) is 7.08. The minimum absolute atomic E-state index is 0.119. The van der Waals surface area contributed by atoms with Gasteiger partial charge in [-0.05, 0) is 70.5 Å². The first kappa shape index (κ1) is 15.5. The number of phenols is 1. The molecule has 0 heterocycles. The molecule has 0 unspecified atom stereocenters. The van der Waals surface area contributed by atoms with Crippen LogP contribution in [0.2, 0.25) is 0 Å². The number of aryl methyl sites for hydroxylation is 1. The molecule has 0 amide bonds. The minimum atomic E-state index is -0.255. The molecule has 1 aliphatic carbocycles. The van der Waals surface area contributed by atoms with Crippen molar-refractivity contribution in [2.24, 2.45) is 0 Å². The average Bonchev–Trinajstić information content (AvgIpc) is 2.61. The van der Waals surface area contributed by atoms with Crippen LogP contribution in [0.1, 0.15) is 44.2 Å². The highest BCUT2D eigenvalue weighted by Gasteiger charge is 2.41. The van der Waals surface area contributed by atoms with Crippen LogP contribution in [0.25, 0.3) is 21.5 Å². The third-order valence-electron chi connectivity index (χ3n) is 6.22. The summed E-state index contributed by atoms with van der Waals surface area (Å²) >= 11 is 0. The summed E-state index contributed by atoms with van der Waals surface area (Å²) in [6, 6.07) is 14.3. The van der Waals surface area contributed by atoms with Crippen LogP contribution in [-0.4, -0.2) is 16.3 Å². The van der Waals surface area contributed by atoms with E-state index < -0.39 is 0 Å². The van der Waals surface area contributed by atoms with Gasteiger partial charge in [0, 0.05) is 5.41 Å². The van der Waals surface area contributed by atoms with Gasteiger partial charge in [0.15, 0.2) is 0 Å². The van der Waals surface area contributed by atoms with Crippen molar-refractivity contribution in [2.75, 3.05) is 0 Å². The summed E-state index contributed by atoms with van der Waals surface area (Å²) in [5.41, 5.74) is 2.61. The first-order chi connectivity index (χ1) is 11.6. The van der Waals surface area contributed by atoms with Gasteiger partial charge in [-0.15, -0.1) is 0 Å². The Morgan fingerprint density at radius 1 is 0.958 bits per heavy atom. The van der Waals surface area contributed by atoms with Gasteiger partial charge in [-0.25, -0.2) is 0 Å². The number of aliphatic hydroxyl groups is 1. The third-order valence-corrected chi connectivity index (χ3v) is 6.22. The zero-order chi connectivity index (χ0) is 16.9. The van der Waals surface area contributed by atoms with Gasteiger partial charge in [0.2, 0.25) is 0 Å². The number of aliphatic hydroxyl groups excluding tert-OH is 1. The van der Waals surface area contributed by atoms with Gasteiger partial charge in [-0.3, -0.25) is 0 Å². The molecule has 0 bridgehead atoms. The van der Waals surface area contributed by atoms with E-state index in [1.165, 1.54) is 27.3 Å². The molecule has 2 nitrogen and oxygen atoms in total. The van der Waals surface area contributed by atoms with Crippen LogP contribution in [0.3, 0.4) is 0 Å². The smallest absolute Gasteiger partial charge is 0.116 e. The topological polar surface area (TPSA) is 40.5 Å². The fourth-order valence-corrected chi connectivity index (χ4v) is 4.77. The Kier molecular flexibility index (Phi) is 3.54. The molecule has 0 saturated heterocycles. The Bertz CT molecular complexity index is 922. The molecule has 1 aliphatic rings. The number of aromatic hydroxyl groups is 1. The largest absolute Gasteiger partial charge is 0.508 e. The van der Waals surface area contributed by atoms with Crippen molar-refractivity contribution in [3.63, 3.8) is 0 Å². The van der Waals surface area contributed by atoms with E-state index >= 15 is 0 Å². The fraction of sp³-hybridized carbons (Fsp3) is 0.364. The Hall–Kier alpha value is -2.06.